The van der Waals surface area contributed by atoms with Crippen LogP contribution < -0.4 is 10.6 Å². The summed E-state index contributed by atoms with van der Waals surface area (Å²) in [6.45, 7) is 10.8. The molecule has 1 heterocycles. The van der Waals surface area contributed by atoms with Crippen molar-refractivity contribution in [3.63, 3.8) is 0 Å². The Hall–Kier alpha value is -0.0300. The number of hydrogen-bond acceptors (Lipinski definition) is 3. The van der Waals surface area contributed by atoms with Gasteiger partial charge in [-0.15, -0.1) is 24.8 Å². The van der Waals surface area contributed by atoms with Crippen LogP contribution in [0.3, 0.4) is 0 Å². The summed E-state index contributed by atoms with van der Waals surface area (Å²) in [5, 5.41) is 6.30. The molecule has 6 heteroatoms. The van der Waals surface area contributed by atoms with Crippen LogP contribution >= 0.6 is 24.8 Å². The molecular weight excluding hydrogens is 261 g/mol. The number of hydrogen-bond donors (Lipinski definition) is 2. The maximum absolute atomic E-state index is 11.7. The van der Waals surface area contributed by atoms with E-state index in [9.17, 15) is 4.79 Å². The lowest BCUT2D eigenvalue weighted by molar-refractivity contribution is -0.123. The Balaban J connectivity index is 0. The van der Waals surface area contributed by atoms with E-state index in [-0.39, 0.29) is 36.8 Å². The third kappa shape index (κ3) is 7.82. The van der Waals surface area contributed by atoms with Crippen molar-refractivity contribution < 1.29 is 4.79 Å². The van der Waals surface area contributed by atoms with E-state index in [0.29, 0.717) is 12.5 Å². The Morgan fingerprint density at radius 3 is 2.24 bits per heavy atom. The lowest BCUT2D eigenvalue weighted by Crippen LogP contribution is -2.49. The normalized spacial score (nSPS) is 17.9. The highest BCUT2D eigenvalue weighted by Gasteiger charge is 2.15. The molecule has 0 aromatic heterocycles. The van der Waals surface area contributed by atoms with Gasteiger partial charge in [0.15, 0.2) is 0 Å². The molecule has 0 bridgehead atoms. The largest absolute Gasteiger partial charge is 0.352 e. The highest BCUT2D eigenvalue weighted by molar-refractivity contribution is 5.85. The van der Waals surface area contributed by atoms with Gasteiger partial charge in [0.2, 0.25) is 5.91 Å². The van der Waals surface area contributed by atoms with Crippen molar-refractivity contribution in [2.45, 2.75) is 26.8 Å². The first-order chi connectivity index (χ1) is 7.09. The molecule has 1 atom stereocenters. The minimum atomic E-state index is 0. The lowest BCUT2D eigenvalue weighted by Gasteiger charge is -2.27. The van der Waals surface area contributed by atoms with Gasteiger partial charge in [0.1, 0.15) is 0 Å². The molecule has 1 aliphatic heterocycles. The van der Waals surface area contributed by atoms with Crippen LogP contribution in [0.2, 0.25) is 0 Å². The average molecular weight is 286 g/mol. The molecule has 1 aliphatic rings. The van der Waals surface area contributed by atoms with Crippen LogP contribution in [0.4, 0.5) is 0 Å². The number of nitrogens with one attached hydrogen (secondary N) is 2. The number of halogens is 2. The van der Waals surface area contributed by atoms with Crippen molar-refractivity contribution in [1.82, 2.24) is 15.5 Å². The van der Waals surface area contributed by atoms with E-state index in [2.05, 4.69) is 36.3 Å². The minimum Gasteiger partial charge on any atom is -0.352 e. The third-order valence-corrected chi connectivity index (χ3v) is 2.97. The average Bonchev–Trinajstić information content (AvgIpc) is 2.18. The molecule has 1 rings (SSSR count). The molecule has 0 radical (unpaired) electrons. The Labute approximate surface area is 117 Å². The monoisotopic (exact) mass is 285 g/mol. The van der Waals surface area contributed by atoms with Crippen LogP contribution in [0.25, 0.3) is 0 Å². The topological polar surface area (TPSA) is 44.4 Å². The molecule has 0 spiro atoms. The van der Waals surface area contributed by atoms with Crippen molar-refractivity contribution in [2.75, 3.05) is 32.7 Å². The number of nitrogens with zero attached hydrogens (tertiary/aromatic N) is 1. The number of amides is 1. The first kappa shape index (κ1) is 19.3. The number of piperazine rings is 1. The van der Waals surface area contributed by atoms with Crippen LogP contribution in [-0.4, -0.2) is 49.6 Å². The van der Waals surface area contributed by atoms with Crippen molar-refractivity contribution >= 4 is 30.7 Å². The Kier molecular flexibility index (Phi) is 11.3. The van der Waals surface area contributed by atoms with Gasteiger partial charge in [0, 0.05) is 32.2 Å². The van der Waals surface area contributed by atoms with E-state index < -0.39 is 0 Å². The van der Waals surface area contributed by atoms with Gasteiger partial charge in [0.25, 0.3) is 0 Å². The Morgan fingerprint density at radius 1 is 1.24 bits per heavy atom. The predicted molar refractivity (Wildman–Crippen MR) is 76.2 cm³/mol. The van der Waals surface area contributed by atoms with E-state index in [1.54, 1.807) is 0 Å². The summed E-state index contributed by atoms with van der Waals surface area (Å²) in [4.78, 5) is 13.8. The molecule has 0 aromatic carbocycles. The van der Waals surface area contributed by atoms with Gasteiger partial charge in [-0.25, -0.2) is 0 Å². The Bertz CT molecular complexity index is 209. The maximum atomic E-state index is 11.7. The SMILES string of the molecule is CC(C)C(C)NC(=O)CN1CCNCC1.Cl.Cl. The molecule has 1 unspecified atom stereocenters. The predicted octanol–water partition coefficient (Wildman–Crippen LogP) is 0.896. The standard InChI is InChI=1S/C11H23N3O.2ClH/c1-9(2)10(3)13-11(15)8-14-6-4-12-5-7-14;;/h9-10,12H,4-8H2,1-3H3,(H,13,15);2*1H. The second-order valence-electron chi connectivity index (χ2n) is 4.63. The quantitative estimate of drug-likeness (QED) is 0.807. The van der Waals surface area contributed by atoms with Gasteiger partial charge < -0.3 is 10.6 Å². The van der Waals surface area contributed by atoms with Gasteiger partial charge in [-0.3, -0.25) is 9.69 Å². The van der Waals surface area contributed by atoms with Gasteiger partial charge in [-0.05, 0) is 12.8 Å². The van der Waals surface area contributed by atoms with Crippen LogP contribution in [0, 0.1) is 5.92 Å². The second kappa shape index (κ2) is 9.95. The summed E-state index contributed by atoms with van der Waals surface area (Å²) in [5.74, 6) is 0.648. The van der Waals surface area contributed by atoms with Crippen molar-refractivity contribution in [1.29, 1.82) is 0 Å². The number of rotatable bonds is 4. The summed E-state index contributed by atoms with van der Waals surface area (Å²) < 4.78 is 0. The summed E-state index contributed by atoms with van der Waals surface area (Å²) in [7, 11) is 0. The highest BCUT2D eigenvalue weighted by atomic mass is 35.5. The zero-order valence-corrected chi connectivity index (χ0v) is 12.5. The van der Waals surface area contributed by atoms with Crippen LogP contribution in [-0.2, 0) is 4.79 Å². The molecule has 17 heavy (non-hydrogen) atoms. The number of carbonyl (C=O) groups excluding carboxylic acids is 1. The lowest BCUT2D eigenvalue weighted by atomic mass is 10.1. The van der Waals surface area contributed by atoms with E-state index in [1.807, 2.05) is 0 Å². The molecule has 0 aromatic rings. The second-order valence-corrected chi connectivity index (χ2v) is 4.63. The highest BCUT2D eigenvalue weighted by Crippen LogP contribution is 2.00. The minimum absolute atomic E-state index is 0. The summed E-state index contributed by atoms with van der Waals surface area (Å²) >= 11 is 0. The number of carbonyl (C=O) groups is 1. The molecule has 0 aliphatic carbocycles. The summed E-state index contributed by atoms with van der Waals surface area (Å²) in [6, 6.07) is 0.264. The zero-order valence-electron chi connectivity index (χ0n) is 10.9. The fraction of sp³-hybridized carbons (Fsp3) is 0.909. The van der Waals surface area contributed by atoms with E-state index in [4.69, 9.17) is 0 Å². The van der Waals surface area contributed by atoms with E-state index >= 15 is 0 Å². The zero-order chi connectivity index (χ0) is 11.3. The molecular formula is C11H25Cl2N3O. The van der Waals surface area contributed by atoms with E-state index in [1.165, 1.54) is 0 Å². The summed E-state index contributed by atoms with van der Waals surface area (Å²) in [5.41, 5.74) is 0. The fourth-order valence-corrected chi connectivity index (χ4v) is 1.54. The molecule has 0 saturated carbocycles. The van der Waals surface area contributed by atoms with Gasteiger partial charge in [0.05, 0.1) is 6.54 Å². The fourth-order valence-electron chi connectivity index (χ4n) is 1.54. The smallest absolute Gasteiger partial charge is 0.234 e. The van der Waals surface area contributed by atoms with Crippen molar-refractivity contribution in [2.24, 2.45) is 5.92 Å². The Morgan fingerprint density at radius 2 is 1.76 bits per heavy atom. The molecule has 1 fully saturated rings. The summed E-state index contributed by atoms with van der Waals surface area (Å²) in [6.07, 6.45) is 0. The van der Waals surface area contributed by atoms with Gasteiger partial charge in [-0.2, -0.15) is 0 Å². The third-order valence-electron chi connectivity index (χ3n) is 2.97. The molecule has 104 valence electrons. The van der Waals surface area contributed by atoms with Crippen molar-refractivity contribution in [3.8, 4) is 0 Å². The molecule has 1 amide bonds. The van der Waals surface area contributed by atoms with Crippen LogP contribution in [0.1, 0.15) is 20.8 Å². The first-order valence-corrected chi connectivity index (χ1v) is 5.82. The van der Waals surface area contributed by atoms with Crippen molar-refractivity contribution in [3.05, 3.63) is 0 Å². The maximum Gasteiger partial charge on any atom is 0.234 e. The first-order valence-electron chi connectivity index (χ1n) is 5.82. The molecule has 2 N–H and O–H groups in total. The van der Waals surface area contributed by atoms with Gasteiger partial charge in [-0.1, -0.05) is 13.8 Å². The molecule has 1 saturated heterocycles. The van der Waals surface area contributed by atoms with Gasteiger partial charge >= 0.3 is 0 Å². The van der Waals surface area contributed by atoms with Crippen LogP contribution in [0.5, 0.6) is 0 Å². The van der Waals surface area contributed by atoms with E-state index in [0.717, 1.165) is 26.2 Å². The van der Waals surface area contributed by atoms with Crippen LogP contribution in [0.15, 0.2) is 0 Å². The molecule has 4 nitrogen and oxygen atoms in total.